The van der Waals surface area contributed by atoms with Crippen LogP contribution >= 0.6 is 15.9 Å². The van der Waals surface area contributed by atoms with E-state index in [4.69, 9.17) is 9.15 Å². The molecular formula is C29H27BrN4O6. The molecular weight excluding hydrogens is 580 g/mol. The van der Waals surface area contributed by atoms with Crippen molar-refractivity contribution in [3.63, 3.8) is 0 Å². The second kappa shape index (κ2) is 10.3. The third-order valence-electron chi connectivity index (χ3n) is 6.44. The number of rotatable bonds is 3. The number of aromatic nitrogens is 3. The van der Waals surface area contributed by atoms with Gasteiger partial charge in [-0.15, -0.1) is 0 Å². The molecule has 0 radical (unpaired) electrons. The maximum absolute atomic E-state index is 13.6. The number of aromatic carboxylic acids is 1. The molecule has 0 aliphatic carbocycles. The number of benzene rings is 2. The Kier molecular flexibility index (Phi) is 7.03. The standard InChI is InChI=1S/C26H18BrN3O6.C3H9N/c1-28-21-19(24(31)29(2)26(28)34)20(13-6-4-3-5-7-13)30-15-12-14(25(32)33)8-9-16(15)36-23(22(21)30)17-10-11-18(27)35-17;1-3(2)4/h3-12,23H,1-2H3,(H,32,33);3H,4H2,1-2H3/t23-;/m1./s1. The summed E-state index contributed by atoms with van der Waals surface area (Å²) in [6.45, 7) is 4.11. The highest BCUT2D eigenvalue weighted by molar-refractivity contribution is 9.10. The molecule has 10 nitrogen and oxygen atoms in total. The summed E-state index contributed by atoms with van der Waals surface area (Å²) in [5.41, 5.74) is 5.04. The highest BCUT2D eigenvalue weighted by Crippen LogP contribution is 2.47. The Bertz CT molecular complexity index is 1880. The highest BCUT2D eigenvalue weighted by Gasteiger charge is 2.37. The molecule has 6 rings (SSSR count). The van der Waals surface area contributed by atoms with Crippen LogP contribution in [0.5, 0.6) is 5.75 Å². The van der Waals surface area contributed by atoms with Crippen LogP contribution in [-0.2, 0) is 14.1 Å². The normalized spacial score (nSPS) is 13.8. The number of ether oxygens (including phenoxy) is 1. The molecule has 0 saturated carbocycles. The Labute approximate surface area is 237 Å². The minimum atomic E-state index is -1.35. The van der Waals surface area contributed by atoms with E-state index < -0.39 is 23.3 Å². The predicted octanol–water partition coefficient (Wildman–Crippen LogP) is 2.53. The van der Waals surface area contributed by atoms with Crippen molar-refractivity contribution in [2.24, 2.45) is 14.1 Å². The van der Waals surface area contributed by atoms with Crippen LogP contribution in [0.2, 0.25) is 0 Å². The Morgan fingerprint density at radius 3 is 2.30 bits per heavy atom. The Morgan fingerprint density at radius 1 is 1.02 bits per heavy atom. The van der Waals surface area contributed by atoms with Gasteiger partial charge in [0.15, 0.2) is 16.5 Å². The smallest absolute Gasteiger partial charge is 0.331 e. The monoisotopic (exact) mass is 606 g/mol. The Balaban J connectivity index is 0.000000758. The van der Waals surface area contributed by atoms with Crippen LogP contribution in [-0.4, -0.2) is 25.7 Å². The molecule has 1 atom stereocenters. The van der Waals surface area contributed by atoms with Crippen molar-refractivity contribution < 1.29 is 24.8 Å². The highest BCUT2D eigenvalue weighted by atomic mass is 79.9. The number of hydrogen-bond acceptors (Lipinski definition) is 6. The molecule has 4 heterocycles. The molecule has 3 aromatic heterocycles. The van der Waals surface area contributed by atoms with Gasteiger partial charge in [-0.25, -0.2) is 4.79 Å². The molecule has 1 aliphatic rings. The maximum atomic E-state index is 13.6. The van der Waals surface area contributed by atoms with E-state index in [1.807, 2.05) is 30.3 Å². The first-order chi connectivity index (χ1) is 19.0. The van der Waals surface area contributed by atoms with Crippen LogP contribution in [0.25, 0.3) is 27.8 Å². The molecule has 0 spiro atoms. The van der Waals surface area contributed by atoms with Crippen LogP contribution in [0.4, 0.5) is 0 Å². The third-order valence-corrected chi connectivity index (χ3v) is 6.86. The summed E-state index contributed by atoms with van der Waals surface area (Å²) in [7, 11) is 3.01. The summed E-state index contributed by atoms with van der Waals surface area (Å²) in [5.74, 6) is -0.535. The van der Waals surface area contributed by atoms with E-state index >= 15 is 0 Å². The largest absolute Gasteiger partial charge is 0.545 e. The minimum Gasteiger partial charge on any atom is -0.545 e. The number of fused-ring (bicyclic) bond motifs is 5. The van der Waals surface area contributed by atoms with Gasteiger partial charge in [-0.1, -0.05) is 30.3 Å². The lowest BCUT2D eigenvalue weighted by Crippen LogP contribution is -2.57. The van der Waals surface area contributed by atoms with Crippen molar-refractivity contribution in [2.75, 3.05) is 0 Å². The van der Waals surface area contributed by atoms with Gasteiger partial charge in [0.25, 0.3) is 5.56 Å². The summed E-state index contributed by atoms with van der Waals surface area (Å²) >= 11 is 3.33. The van der Waals surface area contributed by atoms with Gasteiger partial charge in [0, 0.05) is 14.1 Å². The first kappa shape index (κ1) is 27.2. The molecule has 0 amide bonds. The molecule has 0 bridgehead atoms. The number of halogens is 1. The summed E-state index contributed by atoms with van der Waals surface area (Å²) < 4.78 is 16.9. The minimum absolute atomic E-state index is 0.0546. The molecule has 206 valence electrons. The first-order valence-electron chi connectivity index (χ1n) is 12.5. The molecule has 0 fully saturated rings. The fourth-order valence-electron chi connectivity index (χ4n) is 4.82. The fourth-order valence-corrected chi connectivity index (χ4v) is 5.14. The van der Waals surface area contributed by atoms with Crippen molar-refractivity contribution in [2.45, 2.75) is 26.0 Å². The topological polar surface area (TPSA) is 139 Å². The van der Waals surface area contributed by atoms with Crippen LogP contribution < -0.4 is 26.8 Å². The Hall–Kier alpha value is -4.35. The predicted molar refractivity (Wildman–Crippen MR) is 150 cm³/mol. The van der Waals surface area contributed by atoms with Crippen molar-refractivity contribution in [3.05, 3.63) is 103 Å². The van der Waals surface area contributed by atoms with E-state index in [9.17, 15) is 19.5 Å². The number of carbonyl (C=O) groups excluding carboxylic acids is 1. The average molecular weight is 607 g/mol. The molecule has 40 heavy (non-hydrogen) atoms. The summed E-state index contributed by atoms with van der Waals surface area (Å²) in [5, 5.41) is 12.0. The number of carboxylic acids is 1. The zero-order chi connectivity index (χ0) is 28.9. The van der Waals surface area contributed by atoms with E-state index in [0.29, 0.717) is 55.8 Å². The second-order valence-electron chi connectivity index (χ2n) is 9.87. The molecule has 2 aromatic carbocycles. The van der Waals surface area contributed by atoms with E-state index in [-0.39, 0.29) is 5.56 Å². The number of carboxylic acid groups (broad SMARTS) is 1. The number of nitrogens with zero attached hydrogens (tertiary/aromatic N) is 3. The summed E-state index contributed by atoms with van der Waals surface area (Å²) in [6, 6.07) is 17.7. The van der Waals surface area contributed by atoms with E-state index in [2.05, 4.69) is 35.5 Å². The van der Waals surface area contributed by atoms with E-state index in [1.54, 1.807) is 29.8 Å². The first-order valence-corrected chi connectivity index (χ1v) is 13.3. The van der Waals surface area contributed by atoms with Crippen LogP contribution in [0.3, 0.4) is 0 Å². The van der Waals surface area contributed by atoms with Crippen molar-refractivity contribution >= 4 is 32.8 Å². The van der Waals surface area contributed by atoms with Crippen LogP contribution in [0, 0.1) is 0 Å². The van der Waals surface area contributed by atoms with Crippen molar-refractivity contribution in [1.82, 2.24) is 13.7 Å². The zero-order valence-corrected chi connectivity index (χ0v) is 23.9. The van der Waals surface area contributed by atoms with Gasteiger partial charge in [-0.05, 0) is 71.2 Å². The Morgan fingerprint density at radius 2 is 1.70 bits per heavy atom. The summed E-state index contributed by atoms with van der Waals surface area (Å²) in [4.78, 5) is 38.4. The molecule has 0 saturated heterocycles. The third kappa shape index (κ3) is 4.46. The maximum Gasteiger partial charge on any atom is 0.331 e. The van der Waals surface area contributed by atoms with Gasteiger partial charge < -0.3 is 29.4 Å². The van der Waals surface area contributed by atoms with E-state index in [0.717, 1.165) is 4.57 Å². The molecule has 1 aliphatic heterocycles. The number of aryl methyl sites for hydroxylation is 1. The van der Waals surface area contributed by atoms with Gasteiger partial charge >= 0.3 is 5.69 Å². The SMILES string of the molecule is CC(C)[NH3+].Cn1c(=O)c2c(-c3ccccc3)n3c(c2n(C)c1=O)[C@@H](c1ccc(Br)o1)Oc1ccc(C(=O)[O-])cc1-3. The van der Waals surface area contributed by atoms with Gasteiger partial charge in [0.05, 0.1) is 40.0 Å². The fraction of sp³-hybridized carbons (Fsp3) is 0.207. The number of furan rings is 1. The van der Waals surface area contributed by atoms with Crippen LogP contribution in [0.15, 0.2) is 79.3 Å². The van der Waals surface area contributed by atoms with Gasteiger partial charge in [0.1, 0.15) is 5.75 Å². The van der Waals surface area contributed by atoms with Gasteiger partial charge in [-0.3, -0.25) is 13.9 Å². The average Bonchev–Trinajstić information content (AvgIpc) is 3.52. The van der Waals surface area contributed by atoms with Crippen molar-refractivity contribution in [1.29, 1.82) is 0 Å². The second-order valence-corrected chi connectivity index (χ2v) is 10.6. The number of carbonyl (C=O) groups is 1. The lowest BCUT2D eigenvalue weighted by molar-refractivity contribution is -0.407. The molecule has 3 N–H and O–H groups in total. The van der Waals surface area contributed by atoms with Gasteiger partial charge in [0.2, 0.25) is 0 Å². The quantitative estimate of drug-likeness (QED) is 0.335. The van der Waals surface area contributed by atoms with Crippen molar-refractivity contribution in [3.8, 4) is 22.7 Å². The summed E-state index contributed by atoms with van der Waals surface area (Å²) in [6.07, 6.45) is -0.838. The lowest BCUT2D eigenvalue weighted by atomic mass is 10.1. The zero-order valence-electron chi connectivity index (χ0n) is 22.3. The molecule has 11 heteroatoms. The number of hydrogen-bond donors (Lipinski definition) is 1. The van der Waals surface area contributed by atoms with Gasteiger partial charge in [-0.2, -0.15) is 0 Å². The lowest BCUT2D eigenvalue weighted by Gasteiger charge is -2.29. The van der Waals surface area contributed by atoms with E-state index in [1.165, 1.54) is 23.7 Å². The molecule has 5 aromatic rings. The van der Waals surface area contributed by atoms with Crippen LogP contribution in [0.1, 0.15) is 41.8 Å². The number of quaternary nitrogens is 1. The molecule has 0 unspecified atom stereocenters.